The van der Waals surface area contributed by atoms with Crippen molar-refractivity contribution in [2.75, 3.05) is 17.2 Å². The number of pyridine rings is 2. The Bertz CT molecular complexity index is 939. The van der Waals surface area contributed by atoms with Gasteiger partial charge in [0.05, 0.1) is 27.6 Å². The number of hydrogen-bond acceptors (Lipinski definition) is 6. The van der Waals surface area contributed by atoms with Gasteiger partial charge in [-0.1, -0.05) is 11.6 Å². The molecule has 0 saturated carbocycles. The maximum Gasteiger partial charge on any atom is 0.223 e. The molecule has 1 aliphatic rings. The maximum absolute atomic E-state index is 6.27. The Kier molecular flexibility index (Phi) is 4.20. The molecule has 4 heterocycles. The molecule has 4 rings (SSSR count). The predicted octanol–water partition coefficient (Wildman–Crippen LogP) is 3.90. The Morgan fingerprint density at radius 2 is 1.85 bits per heavy atom. The molecule has 6 nitrogen and oxygen atoms in total. The fourth-order valence-electron chi connectivity index (χ4n) is 3.04. The summed E-state index contributed by atoms with van der Waals surface area (Å²) >= 11 is 6.27. The average Bonchev–Trinajstić information content (AvgIpc) is 3.10. The number of rotatable bonds is 4. The smallest absolute Gasteiger partial charge is 0.223 e. The number of nitrogens with one attached hydrogen (secondary N) is 2. The van der Waals surface area contributed by atoms with Gasteiger partial charge in [0, 0.05) is 48.9 Å². The molecule has 0 amide bonds. The molecule has 0 fully saturated rings. The van der Waals surface area contributed by atoms with Crippen molar-refractivity contribution in [3.63, 3.8) is 0 Å². The monoisotopic (exact) mass is 366 g/mol. The third-order valence-corrected chi connectivity index (χ3v) is 4.71. The van der Waals surface area contributed by atoms with Crippen LogP contribution in [-0.2, 0) is 12.0 Å². The van der Waals surface area contributed by atoms with Crippen molar-refractivity contribution in [3.05, 3.63) is 59.4 Å². The van der Waals surface area contributed by atoms with Crippen molar-refractivity contribution < 1.29 is 0 Å². The molecule has 0 saturated heterocycles. The molecular formula is C19H19ClN6. The van der Waals surface area contributed by atoms with Crippen LogP contribution in [0.1, 0.15) is 25.2 Å². The summed E-state index contributed by atoms with van der Waals surface area (Å²) in [7, 11) is 0. The zero-order valence-corrected chi connectivity index (χ0v) is 15.4. The van der Waals surface area contributed by atoms with Crippen molar-refractivity contribution >= 4 is 23.2 Å². The van der Waals surface area contributed by atoms with Crippen LogP contribution in [0.4, 0.5) is 11.6 Å². The molecule has 0 aliphatic carbocycles. The van der Waals surface area contributed by atoms with E-state index < -0.39 is 5.54 Å². The summed E-state index contributed by atoms with van der Waals surface area (Å²) in [5.74, 6) is 0.521. The van der Waals surface area contributed by atoms with Crippen LogP contribution in [0, 0.1) is 0 Å². The average molecular weight is 367 g/mol. The van der Waals surface area contributed by atoms with Gasteiger partial charge in [-0.3, -0.25) is 9.97 Å². The first kappa shape index (κ1) is 16.7. The largest absolute Gasteiger partial charge is 0.383 e. The first-order chi connectivity index (χ1) is 12.5. The Hall–Kier alpha value is -2.73. The van der Waals surface area contributed by atoms with Gasteiger partial charge in [-0.05, 0) is 32.0 Å². The normalized spacial score (nSPS) is 13.2. The van der Waals surface area contributed by atoms with E-state index in [9.17, 15) is 0 Å². The summed E-state index contributed by atoms with van der Waals surface area (Å²) in [6.07, 6.45) is 8.16. The zero-order valence-electron chi connectivity index (χ0n) is 14.6. The fraction of sp³-hybridized carbons (Fsp3) is 0.263. The number of aromatic nitrogens is 4. The fourth-order valence-corrected chi connectivity index (χ4v) is 3.40. The van der Waals surface area contributed by atoms with E-state index in [0.717, 1.165) is 41.2 Å². The van der Waals surface area contributed by atoms with Crippen molar-refractivity contribution in [2.24, 2.45) is 0 Å². The number of halogens is 1. The highest BCUT2D eigenvalue weighted by molar-refractivity contribution is 6.31. The van der Waals surface area contributed by atoms with Crippen molar-refractivity contribution in [2.45, 2.75) is 25.8 Å². The minimum atomic E-state index is -0.501. The van der Waals surface area contributed by atoms with Gasteiger partial charge in [-0.25, -0.2) is 9.97 Å². The number of fused-ring (bicyclic) bond motifs is 1. The van der Waals surface area contributed by atoms with Gasteiger partial charge in [0.1, 0.15) is 0 Å². The molecule has 7 heteroatoms. The highest BCUT2D eigenvalue weighted by atomic mass is 35.5. The minimum absolute atomic E-state index is 0.501. The summed E-state index contributed by atoms with van der Waals surface area (Å²) in [6, 6.07) is 5.73. The third kappa shape index (κ3) is 3.20. The van der Waals surface area contributed by atoms with Crippen LogP contribution >= 0.6 is 11.6 Å². The molecule has 26 heavy (non-hydrogen) atoms. The molecular weight excluding hydrogens is 348 g/mol. The van der Waals surface area contributed by atoms with E-state index in [0.29, 0.717) is 11.0 Å². The van der Waals surface area contributed by atoms with Gasteiger partial charge in [-0.2, -0.15) is 0 Å². The second kappa shape index (κ2) is 6.53. The lowest BCUT2D eigenvalue weighted by atomic mass is 10.00. The van der Waals surface area contributed by atoms with Crippen LogP contribution in [0.2, 0.25) is 5.02 Å². The number of nitrogens with zero attached hydrogens (tertiary/aromatic N) is 4. The standard InChI is InChI=1S/C19H19ClN6/c1-19(2,17-14(20)4-3-6-22-17)26-18-24-10-13(11-25-18)12-8-16-15(23-9-12)5-7-21-16/h3-4,6,8-11,21H,5,7H2,1-2H3,(H,24,25,26). The molecule has 0 radical (unpaired) electrons. The molecule has 0 atom stereocenters. The summed E-state index contributed by atoms with van der Waals surface area (Å²) in [5.41, 5.74) is 4.38. The number of hydrogen-bond donors (Lipinski definition) is 2. The lowest BCUT2D eigenvalue weighted by molar-refractivity contribution is 0.581. The number of anilines is 2. The van der Waals surface area contributed by atoms with Crippen LogP contribution in [0.3, 0.4) is 0 Å². The molecule has 3 aromatic heterocycles. The quantitative estimate of drug-likeness (QED) is 0.729. The Morgan fingerprint density at radius 1 is 1.08 bits per heavy atom. The van der Waals surface area contributed by atoms with Crippen LogP contribution < -0.4 is 10.6 Å². The molecule has 0 spiro atoms. The summed E-state index contributed by atoms with van der Waals surface area (Å²) in [6.45, 7) is 4.93. The Balaban J connectivity index is 1.55. The molecule has 0 unspecified atom stereocenters. The third-order valence-electron chi connectivity index (χ3n) is 4.41. The van der Waals surface area contributed by atoms with Crippen molar-refractivity contribution in [3.8, 4) is 11.1 Å². The van der Waals surface area contributed by atoms with Crippen LogP contribution in [0.5, 0.6) is 0 Å². The summed E-state index contributed by atoms with van der Waals surface area (Å²) in [5, 5.41) is 7.25. The second-order valence-corrected chi connectivity index (χ2v) is 7.18. The first-order valence-corrected chi connectivity index (χ1v) is 8.85. The molecule has 0 aromatic carbocycles. The van der Waals surface area contributed by atoms with Gasteiger partial charge in [0.25, 0.3) is 0 Å². The molecule has 3 aromatic rings. The highest BCUT2D eigenvalue weighted by Crippen LogP contribution is 2.29. The summed E-state index contributed by atoms with van der Waals surface area (Å²) < 4.78 is 0. The Morgan fingerprint density at radius 3 is 2.62 bits per heavy atom. The first-order valence-electron chi connectivity index (χ1n) is 8.47. The Labute approximate surface area is 157 Å². The van der Waals surface area contributed by atoms with E-state index in [-0.39, 0.29) is 0 Å². The van der Waals surface area contributed by atoms with Crippen LogP contribution in [0.25, 0.3) is 11.1 Å². The van der Waals surface area contributed by atoms with Crippen molar-refractivity contribution in [1.82, 2.24) is 19.9 Å². The predicted molar refractivity (Wildman–Crippen MR) is 103 cm³/mol. The van der Waals surface area contributed by atoms with E-state index in [1.807, 2.05) is 32.2 Å². The van der Waals surface area contributed by atoms with E-state index in [2.05, 4.69) is 36.6 Å². The lowest BCUT2D eigenvalue weighted by Crippen LogP contribution is -2.30. The summed E-state index contributed by atoms with van der Waals surface area (Å²) in [4.78, 5) is 17.8. The van der Waals surface area contributed by atoms with E-state index in [4.69, 9.17) is 11.6 Å². The molecule has 1 aliphatic heterocycles. The molecule has 132 valence electrons. The van der Waals surface area contributed by atoms with E-state index in [1.165, 1.54) is 0 Å². The van der Waals surface area contributed by atoms with Gasteiger partial charge in [0.2, 0.25) is 5.95 Å². The molecule has 2 N–H and O–H groups in total. The van der Waals surface area contributed by atoms with Crippen molar-refractivity contribution in [1.29, 1.82) is 0 Å². The topological polar surface area (TPSA) is 75.6 Å². The van der Waals surface area contributed by atoms with Gasteiger partial charge < -0.3 is 10.6 Å². The molecule has 0 bridgehead atoms. The van der Waals surface area contributed by atoms with Crippen LogP contribution in [0.15, 0.2) is 43.0 Å². The second-order valence-electron chi connectivity index (χ2n) is 6.77. The van der Waals surface area contributed by atoms with Gasteiger partial charge in [-0.15, -0.1) is 0 Å². The van der Waals surface area contributed by atoms with Crippen LogP contribution in [-0.4, -0.2) is 26.5 Å². The van der Waals surface area contributed by atoms with E-state index in [1.54, 1.807) is 18.6 Å². The van der Waals surface area contributed by atoms with Gasteiger partial charge >= 0.3 is 0 Å². The zero-order chi connectivity index (χ0) is 18.1. The van der Waals surface area contributed by atoms with E-state index >= 15 is 0 Å². The minimum Gasteiger partial charge on any atom is -0.383 e. The highest BCUT2D eigenvalue weighted by Gasteiger charge is 2.25. The maximum atomic E-state index is 6.27. The SMILES string of the molecule is CC(C)(Nc1ncc(-c2cnc3c(c2)NCC3)cn1)c1ncccc1Cl. The lowest BCUT2D eigenvalue weighted by Gasteiger charge is -2.26. The van der Waals surface area contributed by atoms with Gasteiger partial charge in [0.15, 0.2) is 0 Å².